The van der Waals surface area contributed by atoms with E-state index in [0.29, 0.717) is 0 Å². The summed E-state index contributed by atoms with van der Waals surface area (Å²) >= 11 is 0. The van der Waals surface area contributed by atoms with E-state index in [1.165, 1.54) is 0 Å². The summed E-state index contributed by atoms with van der Waals surface area (Å²) in [6.07, 6.45) is -5.74. The molecule has 0 aromatic heterocycles. The zero-order valence-corrected chi connectivity index (χ0v) is 6.74. The first-order valence-electron chi connectivity index (χ1n) is 4.05. The molecule has 0 bridgehead atoms. The van der Waals surface area contributed by atoms with Crippen molar-refractivity contribution in [2.75, 3.05) is 6.61 Å². The molecule has 1 heterocycles. The number of fused-ring (bicyclic) bond motifs is 1. The highest BCUT2D eigenvalue weighted by Crippen LogP contribution is 2.43. The van der Waals surface area contributed by atoms with Crippen LogP contribution in [0.3, 0.4) is 0 Å². The highest BCUT2D eigenvalue weighted by molar-refractivity contribution is 5.16. The summed E-state index contributed by atoms with van der Waals surface area (Å²) in [4.78, 5) is 0. The fourth-order valence-corrected chi connectivity index (χ4v) is 1.81. The highest BCUT2D eigenvalue weighted by Gasteiger charge is 2.67. The molecule has 6 atom stereocenters. The molecule has 76 valence electrons. The van der Waals surface area contributed by atoms with E-state index < -0.39 is 42.7 Å². The lowest BCUT2D eigenvalue weighted by atomic mass is 9.79. The summed E-state index contributed by atoms with van der Waals surface area (Å²) in [6.45, 7) is -0.709. The number of rotatable bonds is 1. The van der Waals surface area contributed by atoms with E-state index in [9.17, 15) is 20.4 Å². The lowest BCUT2D eigenvalue weighted by Gasteiger charge is -2.37. The molecule has 6 unspecified atom stereocenters. The van der Waals surface area contributed by atoms with Crippen molar-refractivity contribution in [3.05, 3.63) is 0 Å². The Kier molecular flexibility index (Phi) is 1.88. The first-order chi connectivity index (χ1) is 6.02. The fourth-order valence-electron chi connectivity index (χ4n) is 1.81. The molecule has 5 N–H and O–H groups in total. The molecule has 2 aliphatic rings. The first-order valence-corrected chi connectivity index (χ1v) is 4.05. The van der Waals surface area contributed by atoms with Crippen LogP contribution in [0.15, 0.2) is 0 Å². The van der Waals surface area contributed by atoms with E-state index in [4.69, 9.17) is 9.84 Å². The monoisotopic (exact) mass is 192 g/mol. The van der Waals surface area contributed by atoms with Gasteiger partial charge in [-0.3, -0.25) is 0 Å². The molecule has 2 fully saturated rings. The molecule has 1 aliphatic carbocycles. The van der Waals surface area contributed by atoms with Gasteiger partial charge in [0.25, 0.3) is 0 Å². The SMILES string of the molecule is OCC1(O)C(O)C(O)C(O)C2OC21. The topological polar surface area (TPSA) is 114 Å². The number of ether oxygens (including phenoxy) is 1. The summed E-state index contributed by atoms with van der Waals surface area (Å²) in [6, 6.07) is 0. The van der Waals surface area contributed by atoms with Crippen LogP contribution >= 0.6 is 0 Å². The molecule has 0 radical (unpaired) electrons. The summed E-state index contributed by atoms with van der Waals surface area (Å²) < 4.78 is 4.86. The quantitative estimate of drug-likeness (QED) is 0.276. The molecule has 1 aliphatic heterocycles. The van der Waals surface area contributed by atoms with Crippen molar-refractivity contribution in [2.45, 2.75) is 36.1 Å². The van der Waals surface area contributed by atoms with Crippen LogP contribution in [-0.2, 0) is 4.74 Å². The summed E-state index contributed by atoms with van der Waals surface area (Å²) in [7, 11) is 0. The number of aliphatic hydroxyl groups is 5. The van der Waals surface area contributed by atoms with Gasteiger partial charge in [0.15, 0.2) is 0 Å². The fraction of sp³-hybridized carbons (Fsp3) is 1.00. The van der Waals surface area contributed by atoms with Gasteiger partial charge in [-0.1, -0.05) is 0 Å². The molecule has 0 aromatic rings. The third-order valence-corrected chi connectivity index (χ3v) is 2.79. The molecule has 0 aromatic carbocycles. The highest BCUT2D eigenvalue weighted by atomic mass is 16.6. The van der Waals surface area contributed by atoms with E-state index in [1.54, 1.807) is 0 Å². The van der Waals surface area contributed by atoms with Crippen molar-refractivity contribution >= 4 is 0 Å². The Morgan fingerprint density at radius 3 is 2.31 bits per heavy atom. The van der Waals surface area contributed by atoms with Crippen molar-refractivity contribution in [3.8, 4) is 0 Å². The summed E-state index contributed by atoms with van der Waals surface area (Å²) in [5.74, 6) is 0. The summed E-state index contributed by atoms with van der Waals surface area (Å²) in [5.41, 5.74) is -1.86. The number of aliphatic hydroxyl groups excluding tert-OH is 4. The number of epoxide rings is 1. The lowest BCUT2D eigenvalue weighted by molar-refractivity contribution is -0.186. The zero-order valence-electron chi connectivity index (χ0n) is 6.74. The predicted molar refractivity (Wildman–Crippen MR) is 38.7 cm³/mol. The first kappa shape index (κ1) is 9.32. The minimum atomic E-state index is -1.86. The van der Waals surface area contributed by atoms with Crippen LogP contribution in [0.5, 0.6) is 0 Å². The Morgan fingerprint density at radius 2 is 1.77 bits per heavy atom. The smallest absolute Gasteiger partial charge is 0.145 e. The van der Waals surface area contributed by atoms with Crippen molar-refractivity contribution in [3.63, 3.8) is 0 Å². The van der Waals surface area contributed by atoms with E-state index >= 15 is 0 Å². The Labute approximate surface area is 74.0 Å². The van der Waals surface area contributed by atoms with Gasteiger partial charge >= 0.3 is 0 Å². The van der Waals surface area contributed by atoms with Crippen molar-refractivity contribution < 1.29 is 30.3 Å². The molecule has 6 heteroatoms. The minimum absolute atomic E-state index is 0.685. The second-order valence-corrected chi connectivity index (χ2v) is 3.60. The second-order valence-electron chi connectivity index (χ2n) is 3.60. The molecule has 1 saturated carbocycles. The van der Waals surface area contributed by atoms with Gasteiger partial charge in [0.2, 0.25) is 0 Å². The van der Waals surface area contributed by atoms with Crippen molar-refractivity contribution in [2.24, 2.45) is 0 Å². The summed E-state index contributed by atoms with van der Waals surface area (Å²) in [5, 5.41) is 46.4. The van der Waals surface area contributed by atoms with Gasteiger partial charge < -0.3 is 30.3 Å². The van der Waals surface area contributed by atoms with Crippen molar-refractivity contribution in [1.82, 2.24) is 0 Å². The molecule has 0 spiro atoms. The molecule has 1 saturated heterocycles. The molecular formula is C7H12O6. The van der Waals surface area contributed by atoms with Crippen LogP contribution in [0.25, 0.3) is 0 Å². The van der Waals surface area contributed by atoms with Crippen LogP contribution < -0.4 is 0 Å². The van der Waals surface area contributed by atoms with E-state index in [2.05, 4.69) is 0 Å². The Balaban J connectivity index is 2.23. The molecule has 13 heavy (non-hydrogen) atoms. The van der Waals surface area contributed by atoms with Gasteiger partial charge in [-0.15, -0.1) is 0 Å². The molecule has 6 nitrogen and oxygen atoms in total. The van der Waals surface area contributed by atoms with Gasteiger partial charge in [0.05, 0.1) is 6.61 Å². The molecule has 2 rings (SSSR count). The van der Waals surface area contributed by atoms with Crippen molar-refractivity contribution in [1.29, 1.82) is 0 Å². The number of hydrogen-bond donors (Lipinski definition) is 5. The predicted octanol–water partition coefficient (Wildman–Crippen LogP) is -3.43. The zero-order chi connectivity index (χ0) is 9.80. The Hall–Kier alpha value is -0.240. The van der Waals surface area contributed by atoms with Gasteiger partial charge in [-0.2, -0.15) is 0 Å². The van der Waals surface area contributed by atoms with Gasteiger partial charge in [-0.25, -0.2) is 0 Å². The van der Waals surface area contributed by atoms with E-state index in [0.717, 1.165) is 0 Å². The third-order valence-electron chi connectivity index (χ3n) is 2.79. The average molecular weight is 192 g/mol. The maximum atomic E-state index is 9.65. The lowest BCUT2D eigenvalue weighted by Crippen LogP contribution is -2.63. The van der Waals surface area contributed by atoms with Crippen LogP contribution in [0, 0.1) is 0 Å². The molecular weight excluding hydrogens is 180 g/mol. The maximum Gasteiger partial charge on any atom is 0.145 e. The average Bonchev–Trinajstić information content (AvgIpc) is 2.91. The Bertz CT molecular complexity index is 221. The normalized spacial score (nSPS) is 60.2. The minimum Gasteiger partial charge on any atom is -0.393 e. The van der Waals surface area contributed by atoms with Crippen LogP contribution in [0.4, 0.5) is 0 Å². The van der Waals surface area contributed by atoms with E-state index in [-0.39, 0.29) is 0 Å². The largest absolute Gasteiger partial charge is 0.393 e. The second kappa shape index (κ2) is 2.63. The van der Waals surface area contributed by atoms with Crippen LogP contribution in [0.1, 0.15) is 0 Å². The van der Waals surface area contributed by atoms with Crippen LogP contribution in [-0.4, -0.2) is 68.3 Å². The van der Waals surface area contributed by atoms with Gasteiger partial charge in [-0.05, 0) is 0 Å². The third kappa shape index (κ3) is 1.04. The Morgan fingerprint density at radius 1 is 1.15 bits per heavy atom. The van der Waals surface area contributed by atoms with Gasteiger partial charge in [0.1, 0.15) is 36.1 Å². The standard InChI is InChI=1S/C7H12O6/c8-1-7(12)5(11)3(10)2(9)4-6(7)13-4/h2-6,8-12H,1H2. The van der Waals surface area contributed by atoms with Gasteiger partial charge in [0, 0.05) is 0 Å². The molecule has 0 amide bonds. The number of hydrogen-bond acceptors (Lipinski definition) is 6. The maximum absolute atomic E-state index is 9.65. The van der Waals surface area contributed by atoms with Crippen LogP contribution in [0.2, 0.25) is 0 Å². The van der Waals surface area contributed by atoms with E-state index in [1.807, 2.05) is 0 Å².